The molecule has 6 nitrogen and oxygen atoms in total. The first-order chi connectivity index (χ1) is 10.7. The van der Waals surface area contributed by atoms with E-state index in [1.165, 1.54) is 12.8 Å². The highest BCUT2D eigenvalue weighted by molar-refractivity contribution is 5.79. The van der Waals surface area contributed by atoms with Crippen LogP contribution in [-0.4, -0.2) is 52.5 Å². The SMILES string of the molecule is CN1CCCC(C(=O)N2CCCC2c2nc(C3CC3)no2)C1. The molecule has 2 saturated heterocycles. The Kier molecular flexibility index (Phi) is 3.64. The van der Waals surface area contributed by atoms with Crippen molar-refractivity contribution in [3.8, 4) is 0 Å². The number of nitrogens with zero attached hydrogens (tertiary/aromatic N) is 4. The number of aromatic nitrogens is 2. The Morgan fingerprint density at radius 1 is 1.18 bits per heavy atom. The Balaban J connectivity index is 1.48. The van der Waals surface area contributed by atoms with Crippen molar-refractivity contribution >= 4 is 5.91 Å². The van der Waals surface area contributed by atoms with E-state index in [4.69, 9.17) is 4.52 Å². The quantitative estimate of drug-likeness (QED) is 0.854. The summed E-state index contributed by atoms with van der Waals surface area (Å²) in [4.78, 5) is 21.7. The second-order valence-corrected chi connectivity index (χ2v) is 7.06. The molecular formula is C16H24N4O2. The molecule has 1 aromatic heterocycles. The summed E-state index contributed by atoms with van der Waals surface area (Å²) >= 11 is 0. The molecule has 3 heterocycles. The molecule has 3 aliphatic rings. The van der Waals surface area contributed by atoms with E-state index >= 15 is 0 Å². The molecule has 2 unspecified atom stereocenters. The van der Waals surface area contributed by atoms with Crippen molar-refractivity contribution < 1.29 is 9.32 Å². The van der Waals surface area contributed by atoms with Crippen LogP contribution < -0.4 is 0 Å². The van der Waals surface area contributed by atoms with E-state index in [1.54, 1.807) is 0 Å². The van der Waals surface area contributed by atoms with Crippen LogP contribution in [0.25, 0.3) is 0 Å². The number of hydrogen-bond donors (Lipinski definition) is 0. The van der Waals surface area contributed by atoms with Gasteiger partial charge in [-0.25, -0.2) is 0 Å². The van der Waals surface area contributed by atoms with Gasteiger partial charge in [0.15, 0.2) is 5.82 Å². The van der Waals surface area contributed by atoms with Gasteiger partial charge < -0.3 is 14.3 Å². The van der Waals surface area contributed by atoms with Crippen molar-refractivity contribution in [2.24, 2.45) is 5.92 Å². The Bertz CT molecular complexity index is 554. The van der Waals surface area contributed by atoms with Crippen LogP contribution in [0.5, 0.6) is 0 Å². The van der Waals surface area contributed by atoms with Crippen molar-refractivity contribution in [1.29, 1.82) is 0 Å². The van der Waals surface area contributed by atoms with Crippen molar-refractivity contribution in [3.63, 3.8) is 0 Å². The second-order valence-electron chi connectivity index (χ2n) is 7.06. The average Bonchev–Trinajstić information content (AvgIpc) is 3.07. The molecule has 120 valence electrons. The lowest BCUT2D eigenvalue weighted by atomic mass is 9.96. The molecule has 1 amide bonds. The molecule has 0 radical (unpaired) electrons. The van der Waals surface area contributed by atoms with Gasteiger partial charge in [0.2, 0.25) is 11.8 Å². The predicted molar refractivity (Wildman–Crippen MR) is 80.2 cm³/mol. The minimum Gasteiger partial charge on any atom is -0.337 e. The number of carbonyl (C=O) groups is 1. The summed E-state index contributed by atoms with van der Waals surface area (Å²) in [5.41, 5.74) is 0. The number of carbonyl (C=O) groups excluding carboxylic acids is 1. The van der Waals surface area contributed by atoms with Gasteiger partial charge in [0.25, 0.3) is 0 Å². The molecule has 0 aromatic carbocycles. The molecule has 1 saturated carbocycles. The Morgan fingerprint density at radius 2 is 2.00 bits per heavy atom. The first-order valence-corrected chi connectivity index (χ1v) is 8.55. The molecule has 0 bridgehead atoms. The number of rotatable bonds is 3. The third kappa shape index (κ3) is 2.64. The van der Waals surface area contributed by atoms with Gasteiger partial charge in [-0.3, -0.25) is 4.79 Å². The smallest absolute Gasteiger partial charge is 0.249 e. The first kappa shape index (κ1) is 14.2. The molecule has 4 rings (SSSR count). The fourth-order valence-corrected chi connectivity index (χ4v) is 3.78. The first-order valence-electron chi connectivity index (χ1n) is 8.55. The third-order valence-corrected chi connectivity index (χ3v) is 5.19. The van der Waals surface area contributed by atoms with Gasteiger partial charge in [-0.1, -0.05) is 5.16 Å². The highest BCUT2D eigenvalue weighted by atomic mass is 16.5. The van der Waals surface area contributed by atoms with Crippen molar-refractivity contribution in [3.05, 3.63) is 11.7 Å². The second kappa shape index (κ2) is 5.65. The van der Waals surface area contributed by atoms with Gasteiger partial charge in [0.1, 0.15) is 6.04 Å². The van der Waals surface area contributed by atoms with Crippen LogP contribution in [0.1, 0.15) is 62.2 Å². The zero-order chi connectivity index (χ0) is 15.1. The van der Waals surface area contributed by atoms with Crippen molar-refractivity contribution in [2.45, 2.75) is 50.5 Å². The Hall–Kier alpha value is -1.43. The zero-order valence-electron chi connectivity index (χ0n) is 13.2. The molecule has 2 aliphatic heterocycles. The van der Waals surface area contributed by atoms with E-state index in [0.29, 0.717) is 11.8 Å². The monoisotopic (exact) mass is 304 g/mol. The summed E-state index contributed by atoms with van der Waals surface area (Å²) in [6.07, 6.45) is 6.42. The van der Waals surface area contributed by atoms with E-state index < -0.39 is 0 Å². The lowest BCUT2D eigenvalue weighted by Gasteiger charge is -2.33. The molecule has 3 fully saturated rings. The van der Waals surface area contributed by atoms with Crippen LogP contribution in [-0.2, 0) is 4.79 Å². The number of hydrogen-bond acceptors (Lipinski definition) is 5. The average molecular weight is 304 g/mol. The zero-order valence-corrected chi connectivity index (χ0v) is 13.2. The maximum atomic E-state index is 12.9. The van der Waals surface area contributed by atoms with Crippen LogP contribution in [0.3, 0.4) is 0 Å². The molecule has 1 aromatic rings. The highest BCUT2D eigenvalue weighted by Gasteiger charge is 2.39. The molecule has 6 heteroatoms. The summed E-state index contributed by atoms with van der Waals surface area (Å²) in [5.74, 6) is 2.39. The van der Waals surface area contributed by atoms with Gasteiger partial charge in [-0.15, -0.1) is 0 Å². The lowest BCUT2D eigenvalue weighted by Crippen LogP contribution is -2.43. The number of amides is 1. The molecular weight excluding hydrogens is 280 g/mol. The topological polar surface area (TPSA) is 62.5 Å². The summed E-state index contributed by atoms with van der Waals surface area (Å²) in [5, 5.41) is 4.11. The maximum absolute atomic E-state index is 12.9. The lowest BCUT2D eigenvalue weighted by molar-refractivity contribution is -0.138. The van der Waals surface area contributed by atoms with Gasteiger partial charge >= 0.3 is 0 Å². The fraction of sp³-hybridized carbons (Fsp3) is 0.812. The molecule has 0 spiro atoms. The van der Waals surface area contributed by atoms with Crippen LogP contribution in [0, 0.1) is 5.92 Å². The normalized spacial score (nSPS) is 30.0. The Labute approximate surface area is 130 Å². The standard InChI is InChI=1S/C16H24N4O2/c1-19-8-2-4-12(10-19)16(21)20-9-3-5-13(20)15-17-14(18-22-15)11-6-7-11/h11-13H,2-10H2,1H3. The van der Waals surface area contributed by atoms with Crippen molar-refractivity contribution in [1.82, 2.24) is 19.9 Å². The van der Waals surface area contributed by atoms with Gasteiger partial charge in [-0.2, -0.15) is 4.98 Å². The fourth-order valence-electron chi connectivity index (χ4n) is 3.78. The summed E-state index contributed by atoms with van der Waals surface area (Å²) in [7, 11) is 2.10. The largest absolute Gasteiger partial charge is 0.337 e. The van der Waals surface area contributed by atoms with E-state index in [-0.39, 0.29) is 17.9 Å². The maximum Gasteiger partial charge on any atom is 0.249 e. The number of piperidine rings is 1. The van der Waals surface area contributed by atoms with Crippen LogP contribution in [0.4, 0.5) is 0 Å². The van der Waals surface area contributed by atoms with E-state index in [1.807, 2.05) is 4.90 Å². The summed E-state index contributed by atoms with van der Waals surface area (Å²) in [6.45, 7) is 2.80. The number of likely N-dealkylation sites (tertiary alicyclic amines) is 2. The third-order valence-electron chi connectivity index (χ3n) is 5.19. The van der Waals surface area contributed by atoms with Crippen LogP contribution >= 0.6 is 0 Å². The van der Waals surface area contributed by atoms with E-state index in [2.05, 4.69) is 22.1 Å². The summed E-state index contributed by atoms with van der Waals surface area (Å²) < 4.78 is 5.47. The van der Waals surface area contributed by atoms with Gasteiger partial charge in [0, 0.05) is 19.0 Å². The van der Waals surface area contributed by atoms with Crippen LogP contribution in [0.2, 0.25) is 0 Å². The molecule has 22 heavy (non-hydrogen) atoms. The van der Waals surface area contributed by atoms with Crippen LogP contribution in [0.15, 0.2) is 4.52 Å². The van der Waals surface area contributed by atoms with Gasteiger partial charge in [0.05, 0.1) is 5.92 Å². The molecule has 1 aliphatic carbocycles. The minimum absolute atomic E-state index is 0.000248. The highest BCUT2D eigenvalue weighted by Crippen LogP contribution is 2.40. The summed E-state index contributed by atoms with van der Waals surface area (Å²) in [6, 6.07) is -0.000248. The Morgan fingerprint density at radius 3 is 2.77 bits per heavy atom. The molecule has 0 N–H and O–H groups in total. The van der Waals surface area contributed by atoms with E-state index in [0.717, 1.165) is 51.1 Å². The van der Waals surface area contributed by atoms with E-state index in [9.17, 15) is 4.79 Å². The predicted octanol–water partition coefficient (Wildman–Crippen LogP) is 1.95. The van der Waals surface area contributed by atoms with Crippen molar-refractivity contribution in [2.75, 3.05) is 26.7 Å². The molecule has 2 atom stereocenters. The van der Waals surface area contributed by atoms with Gasteiger partial charge in [-0.05, 0) is 52.1 Å². The minimum atomic E-state index is -0.000248.